The van der Waals surface area contributed by atoms with Crippen molar-refractivity contribution in [2.75, 3.05) is 22.9 Å². The highest BCUT2D eigenvalue weighted by molar-refractivity contribution is 7.80. The van der Waals surface area contributed by atoms with Gasteiger partial charge in [-0.2, -0.15) is 12.6 Å². The zero-order valence-electron chi connectivity index (χ0n) is 9.87. The normalized spacial score (nSPS) is 10.1. The van der Waals surface area contributed by atoms with Crippen molar-refractivity contribution >= 4 is 24.3 Å². The maximum absolute atomic E-state index is 4.16. The van der Waals surface area contributed by atoms with Crippen LogP contribution in [0.1, 0.15) is 5.56 Å². The van der Waals surface area contributed by atoms with Gasteiger partial charge in [0.2, 0.25) is 0 Å². The fraction of sp³-hybridized carbons (Fsp3) is 0.250. The van der Waals surface area contributed by atoms with Crippen LogP contribution < -0.4 is 10.6 Å². The van der Waals surface area contributed by atoms with Crippen LogP contribution in [-0.2, 0) is 6.54 Å². The van der Waals surface area contributed by atoms with E-state index in [1.54, 1.807) is 6.20 Å². The van der Waals surface area contributed by atoms with Gasteiger partial charge in [0.05, 0.1) is 0 Å². The molecule has 0 saturated heterocycles. The van der Waals surface area contributed by atoms with Gasteiger partial charge in [-0.15, -0.1) is 0 Å². The maximum Gasteiger partial charge on any atom is 0.131 e. The van der Waals surface area contributed by atoms with Crippen LogP contribution in [-0.4, -0.2) is 27.2 Å². The lowest BCUT2D eigenvalue weighted by Crippen LogP contribution is -2.07. The highest BCUT2D eigenvalue weighted by Gasteiger charge is 1.98. The third-order valence-electron chi connectivity index (χ3n) is 2.28. The van der Waals surface area contributed by atoms with E-state index in [0.717, 1.165) is 29.5 Å². The molecule has 0 aliphatic rings. The van der Waals surface area contributed by atoms with Gasteiger partial charge < -0.3 is 10.6 Å². The fourth-order valence-electron chi connectivity index (χ4n) is 1.43. The lowest BCUT2D eigenvalue weighted by atomic mass is 10.3. The lowest BCUT2D eigenvalue weighted by molar-refractivity contribution is 1.06. The minimum absolute atomic E-state index is 0.691. The molecule has 2 heterocycles. The van der Waals surface area contributed by atoms with Crippen molar-refractivity contribution in [2.24, 2.45) is 0 Å². The molecule has 2 aromatic heterocycles. The molecule has 2 aromatic rings. The van der Waals surface area contributed by atoms with E-state index in [-0.39, 0.29) is 0 Å². The van der Waals surface area contributed by atoms with Crippen LogP contribution >= 0.6 is 12.6 Å². The van der Waals surface area contributed by atoms with Crippen LogP contribution in [0.25, 0.3) is 0 Å². The number of anilines is 2. The van der Waals surface area contributed by atoms with Crippen molar-refractivity contribution in [2.45, 2.75) is 6.54 Å². The summed E-state index contributed by atoms with van der Waals surface area (Å²) in [6.45, 7) is 1.47. The average Bonchev–Trinajstić information content (AvgIpc) is 2.44. The first-order valence-electron chi connectivity index (χ1n) is 5.68. The summed E-state index contributed by atoms with van der Waals surface area (Å²) >= 11 is 4.14. The second-order valence-corrected chi connectivity index (χ2v) is 4.10. The Bertz CT molecular complexity index is 477. The van der Waals surface area contributed by atoms with E-state index in [4.69, 9.17) is 0 Å². The minimum atomic E-state index is 0.691. The first-order chi connectivity index (χ1) is 8.88. The van der Waals surface area contributed by atoms with E-state index in [1.165, 1.54) is 6.33 Å². The molecule has 0 atom stereocenters. The van der Waals surface area contributed by atoms with Crippen molar-refractivity contribution in [3.63, 3.8) is 0 Å². The van der Waals surface area contributed by atoms with Gasteiger partial charge in [-0.1, -0.05) is 6.07 Å². The molecular weight excluding hydrogens is 246 g/mol. The molecular formula is C12H15N5S. The number of aromatic nitrogens is 3. The molecule has 94 valence electrons. The second-order valence-electron chi connectivity index (χ2n) is 3.65. The minimum Gasteiger partial charge on any atom is -0.369 e. The molecule has 2 rings (SSSR count). The summed E-state index contributed by atoms with van der Waals surface area (Å²) in [5.41, 5.74) is 1.11. The third kappa shape index (κ3) is 3.89. The molecule has 0 unspecified atom stereocenters. The van der Waals surface area contributed by atoms with E-state index in [1.807, 2.05) is 24.4 Å². The molecule has 0 amide bonds. The molecule has 6 heteroatoms. The van der Waals surface area contributed by atoms with Gasteiger partial charge in [0, 0.05) is 37.3 Å². The topological polar surface area (TPSA) is 62.7 Å². The molecule has 0 radical (unpaired) electrons. The number of hydrogen-bond donors (Lipinski definition) is 3. The van der Waals surface area contributed by atoms with Gasteiger partial charge in [0.15, 0.2) is 0 Å². The Morgan fingerprint density at radius 2 is 2.00 bits per heavy atom. The van der Waals surface area contributed by atoms with E-state index < -0.39 is 0 Å². The predicted octanol–water partition coefficient (Wildman–Crippen LogP) is 1.83. The molecule has 5 nitrogen and oxygen atoms in total. The number of hydrogen-bond acceptors (Lipinski definition) is 6. The summed E-state index contributed by atoms with van der Waals surface area (Å²) in [6, 6.07) is 5.80. The highest BCUT2D eigenvalue weighted by Crippen LogP contribution is 2.09. The van der Waals surface area contributed by atoms with E-state index in [9.17, 15) is 0 Å². The number of nitrogens with zero attached hydrogens (tertiary/aromatic N) is 3. The molecule has 2 N–H and O–H groups in total. The summed E-state index contributed by atoms with van der Waals surface area (Å²) in [5.74, 6) is 2.35. The molecule has 0 spiro atoms. The Hall–Kier alpha value is -1.82. The van der Waals surface area contributed by atoms with Crippen molar-refractivity contribution in [3.8, 4) is 0 Å². The Morgan fingerprint density at radius 1 is 1.17 bits per heavy atom. The van der Waals surface area contributed by atoms with E-state index in [0.29, 0.717) is 6.54 Å². The monoisotopic (exact) mass is 261 g/mol. The Kier molecular flexibility index (Phi) is 4.78. The summed E-state index contributed by atoms with van der Waals surface area (Å²) in [6.07, 6.45) is 5.12. The van der Waals surface area contributed by atoms with E-state index >= 15 is 0 Å². The first kappa shape index (κ1) is 12.6. The number of pyridine rings is 1. The molecule has 0 saturated carbocycles. The van der Waals surface area contributed by atoms with Crippen molar-refractivity contribution in [1.82, 2.24) is 15.0 Å². The SMILES string of the molecule is SCCNc1cc(NCc2cccnc2)ncn1. The Balaban J connectivity index is 1.93. The van der Waals surface area contributed by atoms with Crippen molar-refractivity contribution < 1.29 is 0 Å². The van der Waals surface area contributed by atoms with Crippen molar-refractivity contribution in [1.29, 1.82) is 0 Å². The van der Waals surface area contributed by atoms with Crippen LogP contribution in [0.15, 0.2) is 36.9 Å². The predicted molar refractivity (Wildman–Crippen MR) is 75.9 cm³/mol. The summed E-state index contributed by atoms with van der Waals surface area (Å²) < 4.78 is 0. The van der Waals surface area contributed by atoms with Crippen LogP contribution in [0.2, 0.25) is 0 Å². The van der Waals surface area contributed by atoms with Gasteiger partial charge in [0.25, 0.3) is 0 Å². The number of nitrogens with one attached hydrogen (secondary N) is 2. The second kappa shape index (κ2) is 6.80. The fourth-order valence-corrected chi connectivity index (χ4v) is 1.54. The smallest absolute Gasteiger partial charge is 0.131 e. The van der Waals surface area contributed by atoms with Gasteiger partial charge in [0.1, 0.15) is 18.0 Å². The van der Waals surface area contributed by atoms with Gasteiger partial charge in [-0.05, 0) is 11.6 Å². The Morgan fingerprint density at radius 3 is 2.72 bits per heavy atom. The first-order valence-corrected chi connectivity index (χ1v) is 6.31. The molecule has 0 aliphatic carbocycles. The lowest BCUT2D eigenvalue weighted by Gasteiger charge is -2.07. The number of rotatable bonds is 6. The molecule has 18 heavy (non-hydrogen) atoms. The molecule has 0 aliphatic heterocycles. The van der Waals surface area contributed by atoms with E-state index in [2.05, 4.69) is 38.2 Å². The molecule has 0 bridgehead atoms. The summed E-state index contributed by atoms with van der Waals surface area (Å²) in [7, 11) is 0. The van der Waals surface area contributed by atoms with Gasteiger partial charge >= 0.3 is 0 Å². The standard InChI is InChI=1S/C12H15N5S/c18-5-4-14-11-6-12(17-9-16-11)15-8-10-2-1-3-13-7-10/h1-3,6-7,9,18H,4-5,8H2,(H2,14,15,16,17). The van der Waals surface area contributed by atoms with Crippen molar-refractivity contribution in [3.05, 3.63) is 42.5 Å². The molecule has 0 fully saturated rings. The van der Waals surface area contributed by atoms with Crippen LogP contribution in [0.3, 0.4) is 0 Å². The highest BCUT2D eigenvalue weighted by atomic mass is 32.1. The third-order valence-corrected chi connectivity index (χ3v) is 2.51. The van der Waals surface area contributed by atoms with Crippen LogP contribution in [0.4, 0.5) is 11.6 Å². The van der Waals surface area contributed by atoms with Gasteiger partial charge in [-0.3, -0.25) is 4.98 Å². The summed E-state index contributed by atoms with van der Waals surface area (Å²) in [5, 5.41) is 6.38. The zero-order valence-corrected chi connectivity index (χ0v) is 10.8. The number of thiol groups is 1. The Labute approximate surface area is 111 Å². The average molecular weight is 261 g/mol. The summed E-state index contributed by atoms with van der Waals surface area (Å²) in [4.78, 5) is 12.3. The maximum atomic E-state index is 4.16. The van der Waals surface area contributed by atoms with Crippen LogP contribution in [0.5, 0.6) is 0 Å². The molecule has 0 aromatic carbocycles. The largest absolute Gasteiger partial charge is 0.369 e. The zero-order chi connectivity index (χ0) is 12.6. The quantitative estimate of drug-likeness (QED) is 0.692. The van der Waals surface area contributed by atoms with Crippen LogP contribution in [0, 0.1) is 0 Å². The van der Waals surface area contributed by atoms with Gasteiger partial charge in [-0.25, -0.2) is 9.97 Å².